The molecule has 3 aromatic rings. The highest BCUT2D eigenvalue weighted by molar-refractivity contribution is 5.73. The van der Waals surface area contributed by atoms with Crippen molar-refractivity contribution in [3.8, 4) is 0 Å². The minimum Gasteiger partial charge on any atom is -0.405 e. The van der Waals surface area contributed by atoms with Crippen LogP contribution >= 0.6 is 0 Å². The van der Waals surface area contributed by atoms with Crippen LogP contribution in [0.5, 0.6) is 0 Å². The third-order valence-electron chi connectivity index (χ3n) is 5.01. The largest absolute Gasteiger partial charge is 0.405 e. The number of nitrogens with one attached hydrogen (secondary N) is 2. The zero-order valence-corrected chi connectivity index (χ0v) is 17.4. The molecule has 1 aliphatic rings. The minimum absolute atomic E-state index is 0. The van der Waals surface area contributed by atoms with Crippen LogP contribution in [0.2, 0.25) is 0 Å². The Morgan fingerprint density at radius 1 is 1.23 bits per heavy atom. The summed E-state index contributed by atoms with van der Waals surface area (Å²) in [6.07, 6.45) is 9.81. The van der Waals surface area contributed by atoms with Crippen LogP contribution < -0.4 is 16.0 Å². The lowest BCUT2D eigenvalue weighted by Crippen LogP contribution is -2.46. The Morgan fingerprint density at radius 2 is 2.10 bits per heavy atom. The van der Waals surface area contributed by atoms with Crippen LogP contribution in [0.25, 0.3) is 0 Å². The van der Waals surface area contributed by atoms with Crippen molar-refractivity contribution in [1.82, 2.24) is 29.8 Å². The quantitative estimate of drug-likeness (QED) is 0.496. The molecular formula is C21H30N10. The van der Waals surface area contributed by atoms with Gasteiger partial charge in [-0.3, -0.25) is 4.90 Å². The maximum Gasteiger partial charge on any atom is 0.205 e. The van der Waals surface area contributed by atoms with Crippen LogP contribution in [0.15, 0.2) is 54.2 Å². The fourth-order valence-corrected chi connectivity index (χ4v) is 3.50. The first-order valence-electron chi connectivity index (χ1n) is 10.1. The topological polar surface area (TPSA) is 124 Å². The van der Waals surface area contributed by atoms with Crippen molar-refractivity contribution in [3.05, 3.63) is 60.6 Å². The van der Waals surface area contributed by atoms with E-state index >= 15 is 0 Å². The number of anilines is 3. The van der Waals surface area contributed by atoms with Gasteiger partial charge in [0.05, 0.1) is 17.1 Å². The van der Waals surface area contributed by atoms with Crippen molar-refractivity contribution in [2.75, 3.05) is 36.4 Å². The molecule has 10 nitrogen and oxygen atoms in total. The Bertz CT molecular complexity index is 1050. The highest BCUT2D eigenvalue weighted by Gasteiger charge is 2.19. The van der Waals surface area contributed by atoms with Crippen LogP contribution in [0.3, 0.4) is 0 Å². The molecule has 3 aromatic heterocycles. The molecule has 4 N–H and O–H groups in total. The zero-order chi connectivity index (χ0) is 21.5. The van der Waals surface area contributed by atoms with Gasteiger partial charge >= 0.3 is 0 Å². The number of H-pyrrole nitrogens is 1. The smallest absolute Gasteiger partial charge is 0.205 e. The number of hydrogen-bond acceptors (Lipinski definition) is 9. The van der Waals surface area contributed by atoms with E-state index in [1.807, 2.05) is 19.1 Å². The van der Waals surface area contributed by atoms with Crippen molar-refractivity contribution in [3.63, 3.8) is 0 Å². The highest BCUT2D eigenvalue weighted by Crippen LogP contribution is 2.23. The van der Waals surface area contributed by atoms with Gasteiger partial charge in [-0.25, -0.2) is 24.9 Å². The van der Waals surface area contributed by atoms with Crippen molar-refractivity contribution in [2.45, 2.75) is 13.5 Å². The van der Waals surface area contributed by atoms with Gasteiger partial charge in [-0.05, 0) is 31.3 Å². The summed E-state index contributed by atoms with van der Waals surface area (Å²) >= 11 is 0. The third-order valence-corrected chi connectivity index (χ3v) is 5.01. The Balaban J connectivity index is 0.00000193. The van der Waals surface area contributed by atoms with E-state index in [-0.39, 0.29) is 2.85 Å². The van der Waals surface area contributed by atoms with Crippen molar-refractivity contribution in [2.24, 2.45) is 10.7 Å². The molecular weight excluding hydrogens is 392 g/mol. The zero-order valence-electron chi connectivity index (χ0n) is 17.4. The summed E-state index contributed by atoms with van der Waals surface area (Å²) in [4.78, 5) is 29.5. The second-order valence-corrected chi connectivity index (χ2v) is 7.16. The number of nitrogens with two attached hydrogens (primary N) is 1. The number of aromatic amines is 1. The molecule has 0 saturated carbocycles. The predicted octanol–water partition coefficient (Wildman–Crippen LogP) is 2.64. The molecule has 0 radical (unpaired) electrons. The van der Waals surface area contributed by atoms with Crippen molar-refractivity contribution < 1.29 is 2.85 Å². The van der Waals surface area contributed by atoms with Crippen LogP contribution in [0.4, 0.5) is 23.3 Å². The van der Waals surface area contributed by atoms with Crippen LogP contribution in [0.1, 0.15) is 14.2 Å². The number of pyridine rings is 1. The number of aliphatic imine (C=N–C) groups is 1. The van der Waals surface area contributed by atoms with Gasteiger partial charge in [-0.15, -0.1) is 0 Å². The summed E-state index contributed by atoms with van der Waals surface area (Å²) in [5, 5.41) is 3.15. The monoisotopic (exact) mass is 422 g/mol. The van der Waals surface area contributed by atoms with Gasteiger partial charge in [0, 0.05) is 60.3 Å². The summed E-state index contributed by atoms with van der Waals surface area (Å²) in [6, 6.07) is 5.99. The number of rotatable bonds is 7. The van der Waals surface area contributed by atoms with Gasteiger partial charge < -0.3 is 20.9 Å². The first kappa shape index (κ1) is 20.5. The molecule has 0 bridgehead atoms. The van der Waals surface area contributed by atoms with Crippen LogP contribution in [-0.4, -0.2) is 62.2 Å². The lowest BCUT2D eigenvalue weighted by molar-refractivity contribution is 0.247. The van der Waals surface area contributed by atoms with E-state index in [4.69, 9.17) is 5.73 Å². The molecule has 10 heteroatoms. The van der Waals surface area contributed by atoms with E-state index in [1.54, 1.807) is 31.0 Å². The highest BCUT2D eigenvalue weighted by atomic mass is 15.3. The first-order valence-corrected chi connectivity index (χ1v) is 10.1. The molecule has 4 rings (SSSR count). The lowest BCUT2D eigenvalue weighted by Gasteiger charge is -2.36. The fraction of sp³-hybridized carbons (Fsp3) is 0.286. The minimum atomic E-state index is 0. The normalized spacial score (nSPS) is 15.2. The van der Waals surface area contributed by atoms with Crippen LogP contribution in [-0.2, 0) is 6.54 Å². The Kier molecular flexibility index (Phi) is 6.48. The van der Waals surface area contributed by atoms with E-state index in [0.717, 1.165) is 55.6 Å². The average molecular weight is 423 g/mol. The molecule has 0 atom stereocenters. The Morgan fingerprint density at radius 3 is 2.84 bits per heavy atom. The molecule has 0 unspecified atom stereocenters. The van der Waals surface area contributed by atoms with E-state index in [2.05, 4.69) is 51.1 Å². The van der Waals surface area contributed by atoms with Crippen molar-refractivity contribution in [1.29, 1.82) is 0 Å². The maximum atomic E-state index is 5.32. The SMILES string of the molecule is Cc1nc(N=C/C=C\N)ccc1N1CCN(Cc2cc(Nc3ncc[nH]3)ncn2)CC1.[HH].[HH]. The van der Waals surface area contributed by atoms with Gasteiger partial charge in [-0.2, -0.15) is 0 Å². The second-order valence-electron chi connectivity index (χ2n) is 7.16. The summed E-state index contributed by atoms with van der Waals surface area (Å²) in [6.45, 7) is 6.57. The summed E-state index contributed by atoms with van der Waals surface area (Å²) < 4.78 is 0. The van der Waals surface area contributed by atoms with E-state index in [1.165, 1.54) is 6.20 Å². The Hall–Kier alpha value is -3.79. The molecule has 1 fully saturated rings. The molecule has 31 heavy (non-hydrogen) atoms. The Labute approximate surface area is 183 Å². The average Bonchev–Trinajstić information content (AvgIpc) is 3.28. The van der Waals surface area contributed by atoms with Crippen LogP contribution in [0, 0.1) is 6.92 Å². The number of aromatic nitrogens is 5. The van der Waals surface area contributed by atoms with Gasteiger partial charge in [-0.1, -0.05) is 0 Å². The molecule has 164 valence electrons. The number of nitrogens with zero attached hydrogens (tertiary/aromatic N) is 7. The lowest BCUT2D eigenvalue weighted by atomic mass is 10.2. The fourth-order valence-electron chi connectivity index (χ4n) is 3.50. The van der Waals surface area contributed by atoms with E-state index < -0.39 is 0 Å². The summed E-state index contributed by atoms with van der Waals surface area (Å²) in [7, 11) is 0. The van der Waals surface area contributed by atoms with Crippen molar-refractivity contribution >= 4 is 29.5 Å². The van der Waals surface area contributed by atoms with Gasteiger partial charge in [0.15, 0.2) is 5.82 Å². The maximum absolute atomic E-state index is 5.32. The molecule has 0 aromatic carbocycles. The van der Waals surface area contributed by atoms with Gasteiger partial charge in [0.1, 0.15) is 12.1 Å². The standard InChI is InChI=1S/C21H26N10.2H2/c1-16-18(3-4-19(28-16)23-6-2-5-22)31-11-9-30(10-12-31)14-17-13-20(27-15-26-17)29-21-24-7-8-25-21;;/h2-8,13,15H,9-12,14,22H2,1H3,(H2,24,25,26,27,29);2*1H/b5-2-,23-6?;;. The number of hydrogen-bond donors (Lipinski definition) is 3. The van der Waals surface area contributed by atoms with Gasteiger partial charge in [0.25, 0.3) is 0 Å². The van der Waals surface area contributed by atoms with Gasteiger partial charge in [0.2, 0.25) is 5.95 Å². The molecule has 1 aliphatic heterocycles. The number of aryl methyl sites for hydroxylation is 1. The first-order chi connectivity index (χ1) is 15.2. The van der Waals surface area contributed by atoms with E-state index in [9.17, 15) is 0 Å². The molecule has 1 saturated heterocycles. The third kappa shape index (κ3) is 5.43. The second kappa shape index (κ2) is 9.81. The molecule has 4 heterocycles. The predicted molar refractivity (Wildman–Crippen MR) is 126 cm³/mol. The molecule has 0 spiro atoms. The molecule has 0 amide bonds. The number of imidazole rings is 1. The van der Waals surface area contributed by atoms with E-state index in [0.29, 0.717) is 11.8 Å². The number of allylic oxidation sites excluding steroid dienone is 1. The molecule has 0 aliphatic carbocycles. The number of piperazine rings is 1. The summed E-state index contributed by atoms with van der Waals surface area (Å²) in [5.41, 5.74) is 8.43. The summed E-state index contributed by atoms with van der Waals surface area (Å²) in [5.74, 6) is 2.07.